The fourth-order valence-corrected chi connectivity index (χ4v) is 3.52. The maximum Gasteiger partial charge on any atom is 0.137 e. The van der Waals surface area contributed by atoms with Crippen molar-refractivity contribution in [1.82, 2.24) is 19.2 Å². The van der Waals surface area contributed by atoms with E-state index >= 15 is 0 Å². The second-order valence-corrected chi connectivity index (χ2v) is 6.79. The fourth-order valence-electron chi connectivity index (χ4n) is 3.52. The molecule has 5 heteroatoms. The van der Waals surface area contributed by atoms with Gasteiger partial charge < -0.3 is 9.64 Å². The number of rotatable bonds is 3. The molecule has 1 aliphatic heterocycles. The molecule has 130 valence electrons. The summed E-state index contributed by atoms with van der Waals surface area (Å²) in [5, 5.41) is 0. The van der Waals surface area contributed by atoms with Crippen molar-refractivity contribution in [1.29, 1.82) is 0 Å². The molecule has 3 heterocycles. The number of nitrogens with zero attached hydrogens (tertiary/aromatic N) is 4. The van der Waals surface area contributed by atoms with Crippen LogP contribution in [0.1, 0.15) is 11.7 Å². The lowest BCUT2D eigenvalue weighted by molar-refractivity contribution is 0.113. The van der Waals surface area contributed by atoms with Crippen molar-refractivity contribution in [2.45, 2.75) is 6.04 Å². The molecular weight excluding hydrogens is 312 g/mol. The summed E-state index contributed by atoms with van der Waals surface area (Å²) in [7, 11) is 6.06. The molecule has 1 unspecified atom stereocenters. The number of likely N-dealkylation sites (N-methyl/N-ethyl adjacent to an activating group) is 2. The van der Waals surface area contributed by atoms with Crippen LogP contribution in [0.2, 0.25) is 0 Å². The van der Waals surface area contributed by atoms with Crippen LogP contribution in [0.25, 0.3) is 16.9 Å². The van der Waals surface area contributed by atoms with Crippen molar-refractivity contribution >= 4 is 5.65 Å². The molecule has 1 saturated heterocycles. The van der Waals surface area contributed by atoms with Crippen LogP contribution in [0.4, 0.5) is 0 Å². The first kappa shape index (κ1) is 16.1. The van der Waals surface area contributed by atoms with Gasteiger partial charge in [-0.1, -0.05) is 6.07 Å². The molecule has 25 heavy (non-hydrogen) atoms. The van der Waals surface area contributed by atoms with Crippen molar-refractivity contribution in [3.63, 3.8) is 0 Å². The number of hydrogen-bond donors (Lipinski definition) is 0. The molecule has 2 aromatic heterocycles. The van der Waals surface area contributed by atoms with Crippen LogP contribution in [0.3, 0.4) is 0 Å². The van der Waals surface area contributed by atoms with Crippen LogP contribution < -0.4 is 4.74 Å². The van der Waals surface area contributed by atoms with Gasteiger partial charge in [0.25, 0.3) is 0 Å². The average molecular weight is 336 g/mol. The van der Waals surface area contributed by atoms with Crippen molar-refractivity contribution in [2.75, 3.05) is 40.8 Å². The molecule has 4 rings (SSSR count). The molecule has 1 atom stereocenters. The zero-order chi connectivity index (χ0) is 17.4. The Kier molecular flexibility index (Phi) is 4.19. The van der Waals surface area contributed by atoms with E-state index in [1.807, 2.05) is 12.1 Å². The van der Waals surface area contributed by atoms with Gasteiger partial charge in [0.2, 0.25) is 0 Å². The first-order valence-corrected chi connectivity index (χ1v) is 8.67. The Bertz CT molecular complexity index is 871. The number of fused-ring (bicyclic) bond motifs is 1. The van der Waals surface area contributed by atoms with Gasteiger partial charge in [0.15, 0.2) is 0 Å². The molecule has 5 nitrogen and oxygen atoms in total. The molecule has 0 spiro atoms. The molecule has 0 aliphatic carbocycles. The summed E-state index contributed by atoms with van der Waals surface area (Å²) in [6.07, 6.45) is 2.19. The van der Waals surface area contributed by atoms with E-state index in [1.165, 1.54) is 0 Å². The first-order chi connectivity index (χ1) is 12.2. The Hall–Kier alpha value is -2.37. The highest BCUT2D eigenvalue weighted by molar-refractivity contribution is 5.64. The van der Waals surface area contributed by atoms with E-state index in [9.17, 15) is 0 Å². The maximum atomic E-state index is 5.27. The molecule has 1 aliphatic rings. The van der Waals surface area contributed by atoms with E-state index in [2.05, 4.69) is 64.8 Å². The van der Waals surface area contributed by atoms with E-state index in [0.717, 1.165) is 48.0 Å². The minimum atomic E-state index is 0.336. The number of methoxy groups -OCH3 is 1. The normalized spacial score (nSPS) is 19.4. The van der Waals surface area contributed by atoms with Gasteiger partial charge in [0.1, 0.15) is 11.4 Å². The molecule has 3 aromatic rings. The summed E-state index contributed by atoms with van der Waals surface area (Å²) in [4.78, 5) is 9.68. The average Bonchev–Trinajstić information content (AvgIpc) is 3.08. The standard InChI is InChI=1S/C20H24N4O/c1-22-11-12-23(2)19(14-22)17-13-24-18(5-4-6-20(24)21-17)15-7-9-16(25-3)10-8-15/h4-10,13,19H,11-12,14H2,1-3H3. The predicted octanol–water partition coefficient (Wildman–Crippen LogP) is 2.93. The van der Waals surface area contributed by atoms with Crippen molar-refractivity contribution in [3.05, 3.63) is 54.4 Å². The second kappa shape index (κ2) is 6.50. The topological polar surface area (TPSA) is 33.0 Å². The molecule has 0 radical (unpaired) electrons. The third-order valence-electron chi connectivity index (χ3n) is 5.09. The molecule has 0 amide bonds. The van der Waals surface area contributed by atoms with Gasteiger partial charge in [-0.3, -0.25) is 9.30 Å². The minimum Gasteiger partial charge on any atom is -0.497 e. The third kappa shape index (κ3) is 3.01. The highest BCUT2D eigenvalue weighted by Crippen LogP contribution is 2.27. The lowest BCUT2D eigenvalue weighted by Crippen LogP contribution is -2.44. The van der Waals surface area contributed by atoms with Crippen LogP contribution in [-0.2, 0) is 0 Å². The molecule has 0 bridgehead atoms. The van der Waals surface area contributed by atoms with Crippen LogP contribution >= 0.6 is 0 Å². The fraction of sp³-hybridized carbons (Fsp3) is 0.350. The number of piperazine rings is 1. The number of pyridine rings is 1. The minimum absolute atomic E-state index is 0.336. The monoisotopic (exact) mass is 336 g/mol. The summed E-state index contributed by atoms with van der Waals surface area (Å²) >= 11 is 0. The van der Waals surface area contributed by atoms with Gasteiger partial charge in [-0.05, 0) is 56.1 Å². The van der Waals surface area contributed by atoms with Crippen molar-refractivity contribution in [2.24, 2.45) is 0 Å². The Morgan fingerprint density at radius 3 is 2.60 bits per heavy atom. The first-order valence-electron chi connectivity index (χ1n) is 8.67. The van der Waals surface area contributed by atoms with Gasteiger partial charge in [-0.15, -0.1) is 0 Å². The quantitative estimate of drug-likeness (QED) is 0.736. The van der Waals surface area contributed by atoms with E-state index in [4.69, 9.17) is 9.72 Å². The molecule has 1 aromatic carbocycles. The molecule has 0 saturated carbocycles. The number of aromatic nitrogens is 2. The van der Waals surface area contributed by atoms with E-state index in [0.29, 0.717) is 6.04 Å². The smallest absolute Gasteiger partial charge is 0.137 e. The zero-order valence-electron chi connectivity index (χ0n) is 15.0. The Morgan fingerprint density at radius 2 is 1.84 bits per heavy atom. The van der Waals surface area contributed by atoms with Crippen LogP contribution in [-0.4, -0.2) is 60.0 Å². The summed E-state index contributed by atoms with van der Waals surface area (Å²) in [6.45, 7) is 3.19. The van der Waals surface area contributed by atoms with Crippen LogP contribution in [0, 0.1) is 0 Å². The Morgan fingerprint density at radius 1 is 1.04 bits per heavy atom. The van der Waals surface area contributed by atoms with Gasteiger partial charge in [-0.2, -0.15) is 0 Å². The van der Waals surface area contributed by atoms with E-state index < -0.39 is 0 Å². The zero-order valence-corrected chi connectivity index (χ0v) is 15.0. The summed E-state index contributed by atoms with van der Waals surface area (Å²) in [6, 6.07) is 14.8. The van der Waals surface area contributed by atoms with E-state index in [-0.39, 0.29) is 0 Å². The second-order valence-electron chi connectivity index (χ2n) is 6.79. The van der Waals surface area contributed by atoms with Gasteiger partial charge in [0.05, 0.1) is 24.5 Å². The van der Waals surface area contributed by atoms with Gasteiger partial charge >= 0.3 is 0 Å². The number of hydrogen-bond acceptors (Lipinski definition) is 4. The van der Waals surface area contributed by atoms with Crippen molar-refractivity contribution < 1.29 is 4.74 Å². The predicted molar refractivity (Wildman–Crippen MR) is 100 cm³/mol. The van der Waals surface area contributed by atoms with Gasteiger partial charge in [-0.25, -0.2) is 4.98 Å². The summed E-state index contributed by atoms with van der Waals surface area (Å²) < 4.78 is 7.46. The maximum absolute atomic E-state index is 5.27. The number of benzene rings is 1. The van der Waals surface area contributed by atoms with Crippen molar-refractivity contribution in [3.8, 4) is 17.0 Å². The highest BCUT2D eigenvalue weighted by Gasteiger charge is 2.26. The highest BCUT2D eigenvalue weighted by atomic mass is 16.5. The van der Waals surface area contributed by atoms with Crippen LogP contribution in [0.5, 0.6) is 5.75 Å². The van der Waals surface area contributed by atoms with Gasteiger partial charge in [0, 0.05) is 25.8 Å². The molecule has 0 N–H and O–H groups in total. The summed E-state index contributed by atoms with van der Waals surface area (Å²) in [5.41, 5.74) is 4.43. The largest absolute Gasteiger partial charge is 0.497 e. The number of imidazole rings is 1. The van der Waals surface area contributed by atoms with Crippen LogP contribution in [0.15, 0.2) is 48.7 Å². The molecule has 1 fully saturated rings. The Labute approximate surface area is 148 Å². The third-order valence-corrected chi connectivity index (χ3v) is 5.09. The lowest BCUT2D eigenvalue weighted by atomic mass is 10.1. The molecular formula is C20H24N4O. The van der Waals surface area contributed by atoms with E-state index in [1.54, 1.807) is 7.11 Å². The lowest BCUT2D eigenvalue weighted by Gasteiger charge is -2.36. The Balaban J connectivity index is 1.75. The number of ether oxygens (including phenoxy) is 1. The summed E-state index contributed by atoms with van der Waals surface area (Å²) in [5.74, 6) is 0.870. The SMILES string of the molecule is COc1ccc(-c2cccc3nc(C4CN(C)CCN4C)cn23)cc1.